The molecule has 3 aromatic rings. The van der Waals surface area contributed by atoms with Crippen LogP contribution in [0.1, 0.15) is 0 Å². The predicted molar refractivity (Wildman–Crippen MR) is 99.3 cm³/mol. The van der Waals surface area contributed by atoms with E-state index in [4.69, 9.17) is 4.42 Å². The summed E-state index contributed by atoms with van der Waals surface area (Å²) in [6.45, 7) is 0.725. The average Bonchev–Trinajstić information content (AvgIpc) is 3.07. The number of para-hydroxylation sites is 4. The maximum atomic E-state index is 11.9. The maximum absolute atomic E-state index is 11.9. The smallest absolute Gasteiger partial charge is 0.292 e. The number of carbonyl (C=O) groups is 1. The van der Waals surface area contributed by atoms with E-state index in [1.165, 1.54) is 17.8 Å². The average molecular weight is 372 g/mol. The number of fused-ring (bicyclic) bond motifs is 1. The fourth-order valence-corrected chi connectivity index (χ4v) is 2.94. The van der Waals surface area contributed by atoms with Crippen molar-refractivity contribution >= 4 is 40.1 Å². The molecule has 0 radical (unpaired) electrons. The molecule has 26 heavy (non-hydrogen) atoms. The third kappa shape index (κ3) is 4.51. The van der Waals surface area contributed by atoms with Crippen molar-refractivity contribution in [3.05, 3.63) is 58.6 Å². The number of hydrogen-bond acceptors (Lipinski definition) is 7. The number of aromatic nitrogens is 1. The molecule has 1 amide bonds. The number of amides is 1. The van der Waals surface area contributed by atoms with E-state index in [0.29, 0.717) is 29.6 Å². The number of oxazole rings is 1. The molecule has 0 aliphatic rings. The van der Waals surface area contributed by atoms with Gasteiger partial charge in [-0.1, -0.05) is 36.0 Å². The Labute approximate surface area is 153 Å². The zero-order chi connectivity index (χ0) is 18.4. The standard InChI is InChI=1S/C17H16N4O4S/c22-16(11-26-17-20-13-6-2-4-8-15(13)25-17)19-10-9-18-12-5-1-3-7-14(12)21(23)24/h1-8,18H,9-11H2,(H,19,22). The highest BCUT2D eigenvalue weighted by Gasteiger charge is 2.12. The number of nitrogens with zero attached hydrogens (tertiary/aromatic N) is 2. The van der Waals surface area contributed by atoms with E-state index in [-0.39, 0.29) is 17.3 Å². The molecule has 134 valence electrons. The highest BCUT2D eigenvalue weighted by atomic mass is 32.2. The Kier molecular flexibility index (Phi) is 5.69. The fraction of sp³-hybridized carbons (Fsp3) is 0.176. The van der Waals surface area contributed by atoms with Gasteiger partial charge in [-0.25, -0.2) is 4.98 Å². The van der Waals surface area contributed by atoms with Gasteiger partial charge in [0, 0.05) is 19.2 Å². The summed E-state index contributed by atoms with van der Waals surface area (Å²) < 4.78 is 5.53. The largest absolute Gasteiger partial charge is 0.431 e. The molecule has 0 unspecified atom stereocenters. The van der Waals surface area contributed by atoms with Crippen molar-refractivity contribution in [2.24, 2.45) is 0 Å². The summed E-state index contributed by atoms with van der Waals surface area (Å²) in [7, 11) is 0. The third-order valence-corrected chi connectivity index (χ3v) is 4.29. The summed E-state index contributed by atoms with van der Waals surface area (Å²) in [6.07, 6.45) is 0. The lowest BCUT2D eigenvalue weighted by Crippen LogP contribution is -2.30. The van der Waals surface area contributed by atoms with Crippen molar-refractivity contribution < 1.29 is 14.1 Å². The summed E-state index contributed by atoms with van der Waals surface area (Å²) in [5.74, 6) is 0.0137. The zero-order valence-corrected chi connectivity index (χ0v) is 14.5. The molecule has 2 aromatic carbocycles. The quantitative estimate of drug-likeness (QED) is 0.271. The van der Waals surface area contributed by atoms with Gasteiger partial charge in [-0.15, -0.1) is 0 Å². The molecular formula is C17H16N4O4S. The number of nitro groups is 1. The van der Waals surface area contributed by atoms with E-state index in [1.54, 1.807) is 18.2 Å². The topological polar surface area (TPSA) is 110 Å². The van der Waals surface area contributed by atoms with E-state index < -0.39 is 4.92 Å². The van der Waals surface area contributed by atoms with Gasteiger partial charge in [0.25, 0.3) is 10.9 Å². The number of anilines is 1. The first-order valence-corrected chi connectivity index (χ1v) is 8.84. The van der Waals surface area contributed by atoms with Crippen LogP contribution in [0, 0.1) is 10.1 Å². The van der Waals surface area contributed by atoms with Gasteiger partial charge in [0.15, 0.2) is 5.58 Å². The number of thioether (sulfide) groups is 1. The minimum Gasteiger partial charge on any atom is -0.431 e. The normalized spacial score (nSPS) is 10.6. The molecule has 0 fully saturated rings. The van der Waals surface area contributed by atoms with Crippen molar-refractivity contribution in [3.63, 3.8) is 0 Å². The molecule has 0 spiro atoms. The van der Waals surface area contributed by atoms with Crippen LogP contribution in [0.3, 0.4) is 0 Å². The van der Waals surface area contributed by atoms with Crippen molar-refractivity contribution in [1.82, 2.24) is 10.3 Å². The molecule has 9 heteroatoms. The van der Waals surface area contributed by atoms with Crippen molar-refractivity contribution in [2.75, 3.05) is 24.2 Å². The molecule has 1 aromatic heterocycles. The van der Waals surface area contributed by atoms with Gasteiger partial charge in [0.2, 0.25) is 5.91 Å². The van der Waals surface area contributed by atoms with E-state index in [1.807, 2.05) is 24.3 Å². The SMILES string of the molecule is O=C(CSc1nc2ccccc2o1)NCCNc1ccccc1[N+](=O)[O-]. The number of nitro benzene ring substituents is 1. The Hall–Kier alpha value is -3.07. The molecule has 0 atom stereocenters. The molecular weight excluding hydrogens is 356 g/mol. The molecule has 3 rings (SSSR count). The van der Waals surface area contributed by atoms with Gasteiger partial charge in [-0.05, 0) is 18.2 Å². The molecule has 2 N–H and O–H groups in total. The van der Waals surface area contributed by atoms with Crippen LogP contribution in [0.25, 0.3) is 11.1 Å². The van der Waals surface area contributed by atoms with Crippen LogP contribution < -0.4 is 10.6 Å². The van der Waals surface area contributed by atoms with Crippen LogP contribution in [-0.2, 0) is 4.79 Å². The Morgan fingerprint density at radius 3 is 2.73 bits per heavy atom. The summed E-state index contributed by atoms with van der Waals surface area (Å²) in [4.78, 5) is 26.6. The Morgan fingerprint density at radius 2 is 1.92 bits per heavy atom. The highest BCUT2D eigenvalue weighted by Crippen LogP contribution is 2.23. The molecule has 0 aliphatic carbocycles. The first-order chi connectivity index (χ1) is 12.6. The Bertz CT molecular complexity index is 895. The van der Waals surface area contributed by atoms with Crippen LogP contribution in [0.2, 0.25) is 0 Å². The first kappa shape index (κ1) is 17.7. The second-order valence-electron chi connectivity index (χ2n) is 5.29. The van der Waals surface area contributed by atoms with Gasteiger partial charge >= 0.3 is 0 Å². The van der Waals surface area contributed by atoms with E-state index >= 15 is 0 Å². The summed E-state index contributed by atoms with van der Waals surface area (Å²) >= 11 is 1.22. The second-order valence-corrected chi connectivity index (χ2v) is 6.21. The van der Waals surface area contributed by atoms with Gasteiger partial charge < -0.3 is 15.1 Å². The molecule has 0 saturated carbocycles. The maximum Gasteiger partial charge on any atom is 0.292 e. The molecule has 0 saturated heterocycles. The highest BCUT2D eigenvalue weighted by molar-refractivity contribution is 7.99. The van der Waals surface area contributed by atoms with E-state index in [2.05, 4.69) is 15.6 Å². The second kappa shape index (κ2) is 8.34. The Balaban J connectivity index is 1.41. The number of hydrogen-bond donors (Lipinski definition) is 2. The predicted octanol–water partition coefficient (Wildman–Crippen LogP) is 3.06. The molecule has 8 nitrogen and oxygen atoms in total. The number of benzene rings is 2. The number of carbonyl (C=O) groups excluding carboxylic acids is 1. The fourth-order valence-electron chi connectivity index (χ4n) is 2.27. The third-order valence-electron chi connectivity index (χ3n) is 3.46. The molecule has 0 aliphatic heterocycles. The number of nitrogens with one attached hydrogen (secondary N) is 2. The van der Waals surface area contributed by atoms with Gasteiger partial charge in [0.1, 0.15) is 11.2 Å². The Morgan fingerprint density at radius 1 is 1.15 bits per heavy atom. The minimum absolute atomic E-state index is 0.00495. The monoisotopic (exact) mass is 372 g/mol. The zero-order valence-electron chi connectivity index (χ0n) is 13.7. The van der Waals surface area contributed by atoms with Crippen LogP contribution in [0.15, 0.2) is 58.2 Å². The lowest BCUT2D eigenvalue weighted by Gasteiger charge is -2.08. The van der Waals surface area contributed by atoms with Crippen LogP contribution in [-0.4, -0.2) is 34.7 Å². The molecule has 1 heterocycles. The lowest BCUT2D eigenvalue weighted by molar-refractivity contribution is -0.384. The van der Waals surface area contributed by atoms with Crippen LogP contribution in [0.4, 0.5) is 11.4 Å². The first-order valence-electron chi connectivity index (χ1n) is 7.86. The van der Waals surface area contributed by atoms with Crippen molar-refractivity contribution in [1.29, 1.82) is 0 Å². The van der Waals surface area contributed by atoms with E-state index in [0.717, 1.165) is 5.52 Å². The van der Waals surface area contributed by atoms with Gasteiger partial charge in [-0.2, -0.15) is 0 Å². The van der Waals surface area contributed by atoms with Crippen LogP contribution in [0.5, 0.6) is 0 Å². The lowest BCUT2D eigenvalue weighted by atomic mass is 10.2. The number of rotatable bonds is 8. The minimum atomic E-state index is -0.447. The van der Waals surface area contributed by atoms with Crippen molar-refractivity contribution in [2.45, 2.75) is 5.22 Å². The molecule has 0 bridgehead atoms. The van der Waals surface area contributed by atoms with Gasteiger partial charge in [0.05, 0.1) is 10.7 Å². The summed E-state index contributed by atoms with van der Waals surface area (Å²) in [5.41, 5.74) is 1.87. The summed E-state index contributed by atoms with van der Waals surface area (Å²) in [5, 5.41) is 17.1. The summed E-state index contributed by atoms with van der Waals surface area (Å²) in [6, 6.07) is 13.8. The van der Waals surface area contributed by atoms with Crippen LogP contribution >= 0.6 is 11.8 Å². The van der Waals surface area contributed by atoms with E-state index in [9.17, 15) is 14.9 Å². The van der Waals surface area contributed by atoms with Crippen molar-refractivity contribution in [3.8, 4) is 0 Å². The van der Waals surface area contributed by atoms with Gasteiger partial charge in [-0.3, -0.25) is 14.9 Å².